The molecule has 0 aromatic rings. The molecule has 12 atom stereocenters. The van der Waals surface area contributed by atoms with E-state index in [4.69, 9.17) is 5.11 Å². The average Bonchev–Trinajstić information content (AvgIpc) is 3.08. The third kappa shape index (κ3) is 4.40. The minimum Gasteiger partial charge on any atom is -0.481 e. The van der Waals surface area contributed by atoms with Gasteiger partial charge in [0.1, 0.15) is 0 Å². The summed E-state index contributed by atoms with van der Waals surface area (Å²) in [6, 6.07) is 0. The number of fused-ring (bicyclic) bond motifs is 5. The van der Waals surface area contributed by atoms with Crippen LogP contribution in [0.2, 0.25) is 0 Å². The van der Waals surface area contributed by atoms with Crippen LogP contribution in [-0.4, -0.2) is 44.7 Å². The van der Waals surface area contributed by atoms with Crippen molar-refractivity contribution in [1.82, 2.24) is 0 Å². The molecule has 4 saturated carbocycles. The van der Waals surface area contributed by atoms with Crippen molar-refractivity contribution < 1.29 is 25.2 Å². The molecule has 4 aliphatic rings. The quantitative estimate of drug-likeness (QED) is 0.431. The van der Waals surface area contributed by atoms with Gasteiger partial charge in [0.2, 0.25) is 0 Å². The van der Waals surface area contributed by atoms with E-state index in [1.807, 2.05) is 6.92 Å². The second kappa shape index (κ2) is 9.43. The highest BCUT2D eigenvalue weighted by atomic mass is 16.4. The summed E-state index contributed by atoms with van der Waals surface area (Å²) in [7, 11) is 0. The number of aliphatic hydroxyl groups is 3. The van der Waals surface area contributed by atoms with Crippen molar-refractivity contribution in [3.05, 3.63) is 0 Å². The summed E-state index contributed by atoms with van der Waals surface area (Å²) in [5, 5.41) is 42.3. The standard InChI is InChI=1S/C28H48O5/c1-16(12-25(32)33)6-5-7-17(2)20-8-9-21-26-22(15-24(31)28(20,21)4)27(3)11-10-19(29)13-18(27)14-23(26)30/h16-24,26,29-31H,5-15H2,1-4H3,(H,32,33)/t16?,17-,18+,19-,20-,21+,22+,23+,24+,26+,27+,28-/m1/s1. The van der Waals surface area contributed by atoms with Crippen LogP contribution >= 0.6 is 0 Å². The van der Waals surface area contributed by atoms with E-state index in [1.54, 1.807) is 0 Å². The van der Waals surface area contributed by atoms with Gasteiger partial charge in [0.05, 0.1) is 18.3 Å². The van der Waals surface area contributed by atoms with Gasteiger partial charge in [-0.05, 0) is 97.2 Å². The predicted molar refractivity (Wildman–Crippen MR) is 128 cm³/mol. The lowest BCUT2D eigenvalue weighted by Crippen LogP contribution is -2.62. The molecule has 0 spiro atoms. The highest BCUT2D eigenvalue weighted by Gasteiger charge is 2.65. The molecule has 0 saturated heterocycles. The molecule has 190 valence electrons. The summed E-state index contributed by atoms with van der Waals surface area (Å²) in [5.74, 6) is 1.79. The van der Waals surface area contributed by atoms with Crippen LogP contribution in [0.5, 0.6) is 0 Å². The van der Waals surface area contributed by atoms with Crippen molar-refractivity contribution in [2.75, 3.05) is 0 Å². The Kier molecular flexibility index (Phi) is 7.27. The fourth-order valence-corrected chi connectivity index (χ4v) is 9.52. The fraction of sp³-hybridized carbons (Fsp3) is 0.964. The average molecular weight is 465 g/mol. The molecule has 4 N–H and O–H groups in total. The molecule has 1 unspecified atom stereocenters. The van der Waals surface area contributed by atoms with E-state index in [-0.39, 0.29) is 47.4 Å². The molecule has 0 heterocycles. The van der Waals surface area contributed by atoms with Gasteiger partial charge in [0.15, 0.2) is 0 Å². The molecule has 0 aromatic heterocycles. The largest absolute Gasteiger partial charge is 0.481 e. The molecule has 4 fully saturated rings. The minimum atomic E-state index is -0.712. The predicted octanol–water partition coefficient (Wildman–Crippen LogP) is 4.87. The van der Waals surface area contributed by atoms with Crippen molar-refractivity contribution in [3.8, 4) is 0 Å². The van der Waals surface area contributed by atoms with E-state index in [0.29, 0.717) is 29.6 Å². The molecule has 5 nitrogen and oxygen atoms in total. The van der Waals surface area contributed by atoms with Crippen LogP contribution in [-0.2, 0) is 4.79 Å². The van der Waals surface area contributed by atoms with Gasteiger partial charge in [0, 0.05) is 6.42 Å². The number of carbonyl (C=O) groups is 1. The van der Waals surface area contributed by atoms with E-state index in [1.165, 1.54) is 0 Å². The van der Waals surface area contributed by atoms with Crippen molar-refractivity contribution in [2.24, 2.45) is 52.3 Å². The highest BCUT2D eigenvalue weighted by Crippen LogP contribution is 2.68. The maximum absolute atomic E-state index is 11.7. The molecule has 0 bridgehead atoms. The third-order valence-corrected chi connectivity index (χ3v) is 11.4. The second-order valence-electron chi connectivity index (χ2n) is 13.1. The maximum Gasteiger partial charge on any atom is 0.303 e. The van der Waals surface area contributed by atoms with E-state index in [2.05, 4.69) is 20.8 Å². The third-order valence-electron chi connectivity index (χ3n) is 11.4. The summed E-state index contributed by atoms with van der Waals surface area (Å²) in [6.07, 6.45) is 8.90. The van der Waals surface area contributed by atoms with Crippen molar-refractivity contribution in [1.29, 1.82) is 0 Å². The molecule has 4 rings (SSSR count). The van der Waals surface area contributed by atoms with E-state index in [0.717, 1.165) is 64.2 Å². The number of aliphatic carboxylic acids is 1. The number of carboxylic acids is 1. The van der Waals surface area contributed by atoms with Crippen molar-refractivity contribution in [2.45, 2.75) is 117 Å². The van der Waals surface area contributed by atoms with E-state index < -0.39 is 5.97 Å². The molecule has 33 heavy (non-hydrogen) atoms. The number of rotatable bonds is 7. The lowest BCUT2D eigenvalue weighted by Gasteiger charge is -2.63. The van der Waals surface area contributed by atoms with Gasteiger partial charge < -0.3 is 20.4 Å². The monoisotopic (exact) mass is 464 g/mol. The molecule has 0 aliphatic heterocycles. The van der Waals surface area contributed by atoms with Gasteiger partial charge in [0.25, 0.3) is 0 Å². The van der Waals surface area contributed by atoms with Gasteiger partial charge in [-0.2, -0.15) is 0 Å². The summed E-state index contributed by atoms with van der Waals surface area (Å²) in [5.41, 5.74) is -0.0267. The molecule has 5 heteroatoms. The van der Waals surface area contributed by atoms with Crippen LogP contribution in [0.4, 0.5) is 0 Å². The van der Waals surface area contributed by atoms with Crippen LogP contribution in [0.25, 0.3) is 0 Å². The molecule has 4 aliphatic carbocycles. The van der Waals surface area contributed by atoms with Crippen LogP contribution in [0.3, 0.4) is 0 Å². The molecule has 0 amide bonds. The molecular weight excluding hydrogens is 416 g/mol. The maximum atomic E-state index is 11.7. The van der Waals surface area contributed by atoms with Gasteiger partial charge in [-0.3, -0.25) is 4.79 Å². The number of hydrogen-bond acceptors (Lipinski definition) is 4. The number of hydrogen-bond donors (Lipinski definition) is 4. The fourth-order valence-electron chi connectivity index (χ4n) is 9.52. The van der Waals surface area contributed by atoms with Gasteiger partial charge in [-0.25, -0.2) is 0 Å². The van der Waals surface area contributed by atoms with Gasteiger partial charge >= 0.3 is 5.97 Å². The summed E-state index contributed by atoms with van der Waals surface area (Å²) >= 11 is 0. The Morgan fingerprint density at radius 2 is 1.70 bits per heavy atom. The number of carboxylic acid groups (broad SMARTS) is 1. The van der Waals surface area contributed by atoms with Crippen molar-refractivity contribution in [3.63, 3.8) is 0 Å². The summed E-state index contributed by atoms with van der Waals surface area (Å²) < 4.78 is 0. The minimum absolute atomic E-state index is 0.120. The first-order chi connectivity index (χ1) is 15.5. The summed E-state index contributed by atoms with van der Waals surface area (Å²) in [6.45, 7) is 9.05. The van der Waals surface area contributed by atoms with Crippen LogP contribution in [0.1, 0.15) is 98.3 Å². The Labute approximate surface area is 200 Å². The Morgan fingerprint density at radius 3 is 2.39 bits per heavy atom. The zero-order valence-electron chi connectivity index (χ0n) is 21.2. The second-order valence-corrected chi connectivity index (χ2v) is 13.1. The summed E-state index contributed by atoms with van der Waals surface area (Å²) in [4.78, 5) is 11.0. The van der Waals surface area contributed by atoms with Crippen molar-refractivity contribution >= 4 is 5.97 Å². The number of aliphatic hydroxyl groups excluding tert-OH is 3. The van der Waals surface area contributed by atoms with E-state index in [9.17, 15) is 20.1 Å². The highest BCUT2D eigenvalue weighted by molar-refractivity contribution is 5.66. The van der Waals surface area contributed by atoms with Crippen LogP contribution < -0.4 is 0 Å². The normalized spacial score (nSPS) is 48.9. The molecular formula is C28H48O5. The lowest BCUT2D eigenvalue weighted by atomic mass is 9.43. The molecule has 0 aromatic carbocycles. The Hall–Kier alpha value is -0.650. The first-order valence-corrected chi connectivity index (χ1v) is 13.7. The van der Waals surface area contributed by atoms with Gasteiger partial charge in [-0.1, -0.05) is 47.0 Å². The first-order valence-electron chi connectivity index (χ1n) is 13.7. The zero-order chi connectivity index (χ0) is 24.1. The van der Waals surface area contributed by atoms with Gasteiger partial charge in [-0.15, -0.1) is 0 Å². The Balaban J connectivity index is 1.47. The lowest BCUT2D eigenvalue weighted by molar-refractivity contribution is -0.207. The smallest absolute Gasteiger partial charge is 0.303 e. The Bertz CT molecular complexity index is 710. The SMILES string of the molecule is CC(CCC[C@@H](C)[C@H]1CC[C@H]2[C@@H]3[C@@H](O)C[C@@H]4C[C@H](O)CC[C@]4(C)[C@H]3C[C@H](O)[C@]12C)CC(=O)O. The van der Waals surface area contributed by atoms with Crippen LogP contribution in [0.15, 0.2) is 0 Å². The zero-order valence-corrected chi connectivity index (χ0v) is 21.2. The van der Waals surface area contributed by atoms with Crippen LogP contribution in [0, 0.1) is 52.3 Å². The first kappa shape index (κ1) is 25.4. The Morgan fingerprint density at radius 1 is 0.970 bits per heavy atom. The van der Waals surface area contributed by atoms with E-state index >= 15 is 0 Å². The molecule has 0 radical (unpaired) electrons. The topological polar surface area (TPSA) is 98.0 Å².